The van der Waals surface area contributed by atoms with Crippen molar-refractivity contribution < 1.29 is 0 Å². The molecule has 3 aromatic carbocycles. The van der Waals surface area contributed by atoms with Crippen LogP contribution in [0, 0.1) is 0 Å². The Balaban J connectivity index is 2.07. The molecule has 1 nitrogen and oxygen atoms in total. The molecule has 0 fully saturated rings. The first-order chi connectivity index (χ1) is 10.3. The fourth-order valence-electron chi connectivity index (χ4n) is 2.70. The van der Waals surface area contributed by atoms with E-state index in [9.17, 15) is 0 Å². The maximum Gasteiger partial charge on any atom is 0.0399 e. The molecule has 0 amide bonds. The number of hydrogen-bond donors (Lipinski definition) is 0. The predicted octanol–water partition coefficient (Wildman–Crippen LogP) is 5.28. The van der Waals surface area contributed by atoms with E-state index in [1.54, 1.807) is 0 Å². The van der Waals surface area contributed by atoms with Crippen LogP contribution in [-0.4, -0.2) is 24.8 Å². The molecule has 0 aliphatic heterocycles. The van der Waals surface area contributed by atoms with Crippen LogP contribution in [0.5, 0.6) is 0 Å². The van der Waals surface area contributed by atoms with Crippen LogP contribution in [0.25, 0.3) is 21.5 Å². The second-order valence-electron chi connectivity index (χ2n) is 5.10. The number of fused-ring (bicyclic) bond motifs is 2. The fourth-order valence-corrected chi connectivity index (χ4v) is 3.11. The molecule has 0 N–H and O–H groups in total. The molecule has 108 valence electrons. The molecular formula is C18H17Cl2N. The number of hydrogen-bond acceptors (Lipinski definition) is 1. The summed E-state index contributed by atoms with van der Waals surface area (Å²) in [6, 6.07) is 19.5. The van der Waals surface area contributed by atoms with Gasteiger partial charge in [0.05, 0.1) is 0 Å². The third kappa shape index (κ3) is 3.09. The van der Waals surface area contributed by atoms with Crippen molar-refractivity contribution in [3.05, 3.63) is 54.6 Å². The molecule has 0 saturated carbocycles. The molecular weight excluding hydrogens is 301 g/mol. The highest BCUT2D eigenvalue weighted by atomic mass is 35.5. The topological polar surface area (TPSA) is 3.24 Å². The van der Waals surface area contributed by atoms with Crippen molar-refractivity contribution >= 4 is 50.4 Å². The third-order valence-corrected chi connectivity index (χ3v) is 4.10. The summed E-state index contributed by atoms with van der Waals surface area (Å²) in [5.74, 6) is 1.21. The second kappa shape index (κ2) is 6.55. The monoisotopic (exact) mass is 317 g/mol. The minimum absolute atomic E-state index is 0.604. The van der Waals surface area contributed by atoms with Crippen LogP contribution in [0.3, 0.4) is 0 Å². The summed E-state index contributed by atoms with van der Waals surface area (Å²) in [7, 11) is 0. The Morgan fingerprint density at radius 1 is 0.667 bits per heavy atom. The van der Waals surface area contributed by atoms with Crippen molar-refractivity contribution in [1.29, 1.82) is 0 Å². The molecule has 0 atom stereocenters. The second-order valence-corrected chi connectivity index (χ2v) is 5.85. The summed E-state index contributed by atoms with van der Waals surface area (Å²) in [5, 5.41) is 5.05. The fraction of sp³-hybridized carbons (Fsp3) is 0.222. The Hall–Kier alpha value is -1.44. The lowest BCUT2D eigenvalue weighted by molar-refractivity contribution is 0.875. The molecule has 0 spiro atoms. The minimum Gasteiger partial charge on any atom is -0.369 e. The van der Waals surface area contributed by atoms with Gasteiger partial charge in [0.15, 0.2) is 0 Å². The van der Waals surface area contributed by atoms with Crippen LogP contribution in [0.15, 0.2) is 54.6 Å². The van der Waals surface area contributed by atoms with Gasteiger partial charge >= 0.3 is 0 Å². The zero-order valence-corrected chi connectivity index (χ0v) is 13.2. The van der Waals surface area contributed by atoms with E-state index in [1.165, 1.54) is 27.2 Å². The quantitative estimate of drug-likeness (QED) is 0.457. The number of rotatable bonds is 5. The van der Waals surface area contributed by atoms with Gasteiger partial charge in [-0.2, -0.15) is 0 Å². The first-order valence-electron chi connectivity index (χ1n) is 7.11. The summed E-state index contributed by atoms with van der Waals surface area (Å²) < 4.78 is 0. The van der Waals surface area contributed by atoms with E-state index >= 15 is 0 Å². The average Bonchev–Trinajstić information content (AvgIpc) is 2.52. The van der Waals surface area contributed by atoms with Gasteiger partial charge in [-0.3, -0.25) is 0 Å². The normalized spacial score (nSPS) is 11.1. The Kier molecular flexibility index (Phi) is 4.52. The zero-order valence-electron chi connectivity index (χ0n) is 11.7. The van der Waals surface area contributed by atoms with Crippen LogP contribution in [0.4, 0.5) is 5.69 Å². The summed E-state index contributed by atoms with van der Waals surface area (Å²) in [6.45, 7) is 1.63. The van der Waals surface area contributed by atoms with Crippen molar-refractivity contribution in [2.75, 3.05) is 29.7 Å². The summed E-state index contributed by atoms with van der Waals surface area (Å²) in [5.41, 5.74) is 1.18. The van der Waals surface area contributed by atoms with E-state index < -0.39 is 0 Å². The van der Waals surface area contributed by atoms with Gasteiger partial charge in [0.25, 0.3) is 0 Å². The number of benzene rings is 3. The molecule has 0 aliphatic rings. The maximum absolute atomic E-state index is 5.89. The van der Waals surface area contributed by atoms with Crippen LogP contribution < -0.4 is 4.90 Å². The summed E-state index contributed by atoms with van der Waals surface area (Å²) >= 11 is 11.8. The minimum atomic E-state index is 0.604. The lowest BCUT2D eigenvalue weighted by Gasteiger charge is -2.23. The van der Waals surface area contributed by atoms with E-state index in [0.717, 1.165) is 13.1 Å². The first-order valence-corrected chi connectivity index (χ1v) is 8.18. The summed E-state index contributed by atoms with van der Waals surface area (Å²) in [4.78, 5) is 2.23. The zero-order chi connectivity index (χ0) is 14.7. The molecule has 0 bridgehead atoms. The van der Waals surface area contributed by atoms with E-state index in [4.69, 9.17) is 23.2 Å². The molecule has 0 unspecified atom stereocenters. The third-order valence-electron chi connectivity index (χ3n) is 3.76. The van der Waals surface area contributed by atoms with E-state index in [0.29, 0.717) is 11.8 Å². The number of halogens is 2. The Morgan fingerprint density at radius 2 is 1.24 bits per heavy atom. The molecule has 3 rings (SSSR count). The number of nitrogens with zero attached hydrogens (tertiary/aromatic N) is 1. The van der Waals surface area contributed by atoms with E-state index in [-0.39, 0.29) is 0 Å². The highest BCUT2D eigenvalue weighted by molar-refractivity contribution is 6.18. The van der Waals surface area contributed by atoms with Crippen molar-refractivity contribution in [2.45, 2.75) is 0 Å². The SMILES string of the molecule is ClCCN(CCCl)c1ccc2cc3ccccc3cc2c1. The van der Waals surface area contributed by atoms with Gasteiger partial charge in [0, 0.05) is 30.5 Å². The van der Waals surface area contributed by atoms with Gasteiger partial charge in [-0.1, -0.05) is 30.3 Å². The van der Waals surface area contributed by atoms with Crippen molar-refractivity contribution in [3.63, 3.8) is 0 Å². The smallest absolute Gasteiger partial charge is 0.0399 e. The lowest BCUT2D eigenvalue weighted by Crippen LogP contribution is -2.27. The molecule has 3 heteroatoms. The van der Waals surface area contributed by atoms with Gasteiger partial charge in [-0.15, -0.1) is 23.2 Å². The largest absolute Gasteiger partial charge is 0.369 e. The Morgan fingerprint density at radius 3 is 1.86 bits per heavy atom. The van der Waals surface area contributed by atoms with Gasteiger partial charge < -0.3 is 4.90 Å². The van der Waals surface area contributed by atoms with Gasteiger partial charge in [0.1, 0.15) is 0 Å². The van der Waals surface area contributed by atoms with Gasteiger partial charge in [0.2, 0.25) is 0 Å². The van der Waals surface area contributed by atoms with Gasteiger partial charge in [-0.25, -0.2) is 0 Å². The van der Waals surface area contributed by atoms with Crippen molar-refractivity contribution in [3.8, 4) is 0 Å². The van der Waals surface area contributed by atoms with E-state index in [2.05, 4.69) is 59.5 Å². The van der Waals surface area contributed by atoms with Crippen molar-refractivity contribution in [1.82, 2.24) is 0 Å². The maximum atomic E-state index is 5.89. The van der Waals surface area contributed by atoms with Crippen LogP contribution >= 0.6 is 23.2 Å². The van der Waals surface area contributed by atoms with Crippen molar-refractivity contribution in [2.24, 2.45) is 0 Å². The van der Waals surface area contributed by atoms with Crippen LogP contribution in [0.1, 0.15) is 0 Å². The molecule has 0 heterocycles. The predicted molar refractivity (Wildman–Crippen MR) is 95.1 cm³/mol. The molecule has 3 aromatic rings. The Bertz CT molecular complexity index is 748. The summed E-state index contributed by atoms with van der Waals surface area (Å²) in [6.07, 6.45) is 0. The molecule has 0 aromatic heterocycles. The van der Waals surface area contributed by atoms with E-state index in [1.807, 2.05) is 0 Å². The molecule has 21 heavy (non-hydrogen) atoms. The highest BCUT2D eigenvalue weighted by Gasteiger charge is 2.06. The van der Waals surface area contributed by atoms with Crippen LogP contribution in [-0.2, 0) is 0 Å². The van der Waals surface area contributed by atoms with Gasteiger partial charge in [-0.05, 0) is 45.8 Å². The highest BCUT2D eigenvalue weighted by Crippen LogP contribution is 2.27. The number of anilines is 1. The molecule has 0 saturated heterocycles. The average molecular weight is 318 g/mol. The van der Waals surface area contributed by atoms with Crippen LogP contribution in [0.2, 0.25) is 0 Å². The lowest BCUT2D eigenvalue weighted by atomic mass is 10.0. The number of alkyl halides is 2. The Labute approximate surface area is 135 Å². The molecule has 0 aliphatic carbocycles. The standard InChI is InChI=1S/C18H17Cl2N/c19-7-9-21(10-8-20)18-6-5-16-11-14-3-1-2-4-15(14)12-17(16)13-18/h1-6,11-13H,7-10H2. The molecule has 0 radical (unpaired) electrons. The first kappa shape index (κ1) is 14.5.